The first-order valence-electron chi connectivity index (χ1n) is 13.8. The van der Waals surface area contributed by atoms with Crippen LogP contribution in [0, 0.1) is 0 Å². The van der Waals surface area contributed by atoms with Crippen molar-refractivity contribution in [2.75, 3.05) is 13.2 Å². The van der Waals surface area contributed by atoms with E-state index < -0.39 is 13.9 Å². The van der Waals surface area contributed by atoms with E-state index in [4.69, 9.17) is 0 Å². The predicted molar refractivity (Wildman–Crippen MR) is 143 cm³/mol. The minimum atomic E-state index is -5.09. The molecule has 0 aromatic heterocycles. The molecule has 0 aliphatic carbocycles. The number of amides is 1. The summed E-state index contributed by atoms with van der Waals surface area (Å²) in [6, 6.07) is 9.12. The normalized spacial score (nSPS) is 12.8. The van der Waals surface area contributed by atoms with Gasteiger partial charge in [0.25, 0.3) is 0 Å². The zero-order chi connectivity index (χ0) is 26.3. The maximum absolute atomic E-state index is 12.3. The van der Waals surface area contributed by atoms with Crippen LogP contribution < -0.4 is 20.4 Å². The van der Waals surface area contributed by atoms with Crippen LogP contribution in [-0.2, 0) is 20.4 Å². The topological polar surface area (TPSA) is 114 Å². The second-order valence-corrected chi connectivity index (χ2v) is 10.6. The zero-order valence-corrected chi connectivity index (χ0v) is 23.0. The highest BCUT2D eigenvalue weighted by Gasteiger charge is 2.13. The second kappa shape index (κ2) is 21.6. The van der Waals surface area contributed by atoms with Crippen LogP contribution in [0.3, 0.4) is 0 Å². The lowest BCUT2D eigenvalue weighted by Crippen LogP contribution is -2.45. The molecule has 206 valence electrons. The molecule has 0 aliphatic heterocycles. The van der Waals surface area contributed by atoms with E-state index >= 15 is 0 Å². The first-order valence-corrected chi connectivity index (χ1v) is 15.2. The van der Waals surface area contributed by atoms with Crippen molar-refractivity contribution >= 4 is 13.7 Å². The molecule has 1 aromatic rings. The average Bonchev–Trinajstić information content (AvgIpc) is 2.85. The number of carbonyl (C=O) groups excluding carboxylic acids is 1. The van der Waals surface area contributed by atoms with Crippen molar-refractivity contribution in [1.82, 2.24) is 10.6 Å². The molecule has 0 heterocycles. The van der Waals surface area contributed by atoms with Crippen molar-refractivity contribution in [3.63, 3.8) is 0 Å². The summed E-state index contributed by atoms with van der Waals surface area (Å²) < 4.78 is 15.3. The van der Waals surface area contributed by atoms with Crippen molar-refractivity contribution < 1.29 is 23.7 Å². The Balaban J connectivity index is 2.11. The monoisotopic (exact) mass is 522 g/mol. The molecule has 36 heavy (non-hydrogen) atoms. The summed E-state index contributed by atoms with van der Waals surface area (Å²) in [5.74, 6) is -0.158. The lowest BCUT2D eigenvalue weighted by molar-refractivity contribution is -0.342. The van der Waals surface area contributed by atoms with Gasteiger partial charge >= 0.3 is 0 Å². The van der Waals surface area contributed by atoms with E-state index in [1.807, 2.05) is 30.3 Å². The number of rotatable bonds is 23. The van der Waals surface area contributed by atoms with E-state index in [1.165, 1.54) is 51.4 Å². The molecular weight excluding hydrogens is 475 g/mol. The van der Waals surface area contributed by atoms with Crippen LogP contribution >= 0.6 is 7.82 Å². The van der Waals surface area contributed by atoms with Crippen LogP contribution in [0.4, 0.5) is 0 Å². The largest absolute Gasteiger partial charge is 0.790 e. The molecule has 7 nitrogen and oxygen atoms in total. The Morgan fingerprint density at radius 1 is 0.917 bits per heavy atom. The minimum Gasteiger partial charge on any atom is -0.790 e. The Hall–Kier alpha value is -1.50. The van der Waals surface area contributed by atoms with Crippen LogP contribution in [0.2, 0.25) is 0 Å². The number of nitrogens with one attached hydrogen (secondary N) is 2. The summed E-state index contributed by atoms with van der Waals surface area (Å²) in [7, 11) is -5.09. The number of allylic oxidation sites excluding steroid dienone is 2. The summed E-state index contributed by atoms with van der Waals surface area (Å²) >= 11 is 0. The third kappa shape index (κ3) is 20.7. The van der Waals surface area contributed by atoms with Crippen LogP contribution in [0.1, 0.15) is 102 Å². The molecule has 0 saturated heterocycles. The molecule has 1 rings (SSSR count). The Morgan fingerprint density at radius 3 is 2.11 bits per heavy atom. The molecule has 1 aromatic carbocycles. The highest BCUT2D eigenvalue weighted by Crippen LogP contribution is 2.24. The van der Waals surface area contributed by atoms with E-state index in [1.54, 1.807) is 0 Å². The van der Waals surface area contributed by atoms with E-state index in [0.717, 1.165) is 37.7 Å². The molecule has 0 unspecified atom stereocenters. The van der Waals surface area contributed by atoms with E-state index in [9.17, 15) is 19.1 Å². The van der Waals surface area contributed by atoms with Crippen LogP contribution in [-0.4, -0.2) is 25.1 Å². The number of hydrogen-bond acceptors (Lipinski definition) is 6. The molecule has 0 radical (unpaired) electrons. The van der Waals surface area contributed by atoms with Gasteiger partial charge in [0.1, 0.15) is 0 Å². The molecule has 0 bridgehead atoms. The number of benzene rings is 1. The molecular formula is C28H47N2O5P-2. The van der Waals surface area contributed by atoms with Crippen molar-refractivity contribution in [2.45, 2.75) is 109 Å². The average molecular weight is 523 g/mol. The van der Waals surface area contributed by atoms with Gasteiger partial charge in [0.05, 0.1) is 20.5 Å². The van der Waals surface area contributed by atoms with E-state index in [0.29, 0.717) is 19.5 Å². The molecule has 0 fully saturated rings. The maximum atomic E-state index is 12.3. The number of carbonyl (C=O) groups is 1. The van der Waals surface area contributed by atoms with Gasteiger partial charge in [-0.15, -0.1) is 0 Å². The molecule has 0 saturated carbocycles. The predicted octanol–water partition coefficient (Wildman–Crippen LogP) is 5.14. The van der Waals surface area contributed by atoms with Gasteiger partial charge in [0.2, 0.25) is 5.91 Å². The van der Waals surface area contributed by atoms with Gasteiger partial charge in [-0.3, -0.25) is 4.79 Å². The lowest BCUT2D eigenvalue weighted by atomic mass is 10.1. The highest BCUT2D eigenvalue weighted by molar-refractivity contribution is 7.43. The Labute approximate surface area is 218 Å². The van der Waals surface area contributed by atoms with Crippen molar-refractivity contribution in [3.05, 3.63) is 48.0 Å². The summed E-state index contributed by atoms with van der Waals surface area (Å²) in [5, 5.41) is 5.96. The van der Waals surface area contributed by atoms with Gasteiger partial charge in [0, 0.05) is 19.5 Å². The van der Waals surface area contributed by atoms with Crippen molar-refractivity contribution in [2.24, 2.45) is 0 Å². The Morgan fingerprint density at radius 2 is 1.50 bits per heavy atom. The second-order valence-electron chi connectivity index (χ2n) is 9.46. The molecule has 0 spiro atoms. The van der Waals surface area contributed by atoms with Gasteiger partial charge in [-0.1, -0.05) is 101 Å². The number of unbranched alkanes of at least 4 members (excludes halogenated alkanes) is 11. The first kappa shape index (κ1) is 32.5. The fraction of sp³-hybridized carbons (Fsp3) is 0.679. The summed E-state index contributed by atoms with van der Waals surface area (Å²) in [6.07, 6.45) is 20.5. The fourth-order valence-corrected chi connectivity index (χ4v) is 4.34. The van der Waals surface area contributed by atoms with Crippen molar-refractivity contribution in [3.8, 4) is 0 Å². The molecule has 8 heteroatoms. The first-order chi connectivity index (χ1) is 17.4. The third-order valence-electron chi connectivity index (χ3n) is 6.03. The fourth-order valence-electron chi connectivity index (χ4n) is 3.98. The summed E-state index contributed by atoms with van der Waals surface area (Å²) in [4.78, 5) is 34.0. The molecule has 1 atom stereocenters. The summed E-state index contributed by atoms with van der Waals surface area (Å²) in [6.45, 7) is 2.74. The number of phosphoric acid groups is 1. The minimum absolute atomic E-state index is 0.158. The van der Waals surface area contributed by atoms with Gasteiger partial charge in [-0.25, -0.2) is 0 Å². The highest BCUT2D eigenvalue weighted by atomic mass is 31.2. The Kier molecular flexibility index (Phi) is 19.5. The van der Waals surface area contributed by atoms with Crippen molar-refractivity contribution in [1.29, 1.82) is 0 Å². The maximum Gasteiger partial charge on any atom is 0.220 e. The lowest BCUT2D eigenvalue weighted by Gasteiger charge is -2.31. The third-order valence-corrected chi connectivity index (χ3v) is 6.49. The van der Waals surface area contributed by atoms with E-state index in [2.05, 4.69) is 34.2 Å². The molecule has 0 aliphatic rings. The van der Waals surface area contributed by atoms with Crippen LogP contribution in [0.25, 0.3) is 0 Å². The molecule has 2 N–H and O–H groups in total. The smallest absolute Gasteiger partial charge is 0.220 e. The van der Waals surface area contributed by atoms with Gasteiger partial charge < -0.3 is 29.5 Å². The standard InChI is InChI=1S/C28H49N2O5P/c1-2-3-4-5-6-7-8-9-10-11-12-13-14-15-19-22-28(31)30-27(25-35-36(32,33)34)24-29-23-26-20-17-16-18-21-26/h9-10,16-18,20-21,27,29H,2-8,11-15,19,22-25H2,1H3,(H,30,31)(H2,32,33,34)/p-2/b10-9-/t27-/m1/s1. The van der Waals surface area contributed by atoms with E-state index in [-0.39, 0.29) is 12.5 Å². The van der Waals surface area contributed by atoms with Crippen LogP contribution in [0.15, 0.2) is 42.5 Å². The SMILES string of the molecule is CCCCCCCC/C=C\CCCCCCCC(=O)N[C@H](CNCc1ccccc1)COP(=O)([O-])[O-]. The quantitative estimate of drug-likeness (QED) is 0.117. The number of phosphoric ester groups is 1. The van der Waals surface area contributed by atoms with Crippen LogP contribution in [0.5, 0.6) is 0 Å². The van der Waals surface area contributed by atoms with Gasteiger partial charge in [0.15, 0.2) is 0 Å². The Bertz CT molecular complexity index is 739. The van der Waals surface area contributed by atoms with Gasteiger partial charge in [-0.05, 0) is 37.7 Å². The van der Waals surface area contributed by atoms with Gasteiger partial charge in [-0.2, -0.15) is 0 Å². The number of hydrogen-bond donors (Lipinski definition) is 2. The summed E-state index contributed by atoms with van der Waals surface area (Å²) in [5.41, 5.74) is 1.06. The molecule has 1 amide bonds. The zero-order valence-electron chi connectivity index (χ0n) is 22.1.